The number of urea groups is 1. The Morgan fingerprint density at radius 2 is 1.70 bits per heavy atom. The number of anilines is 1. The van der Waals surface area contributed by atoms with Crippen molar-refractivity contribution in [2.24, 2.45) is 0 Å². The van der Waals surface area contributed by atoms with E-state index in [2.05, 4.69) is 15.5 Å². The van der Waals surface area contributed by atoms with Crippen molar-refractivity contribution >= 4 is 17.6 Å². The highest BCUT2D eigenvalue weighted by Gasteiger charge is 2.30. The molecule has 1 saturated heterocycles. The number of methoxy groups -OCH3 is 3. The summed E-state index contributed by atoms with van der Waals surface area (Å²) in [5.74, 6) is 1.77. The summed E-state index contributed by atoms with van der Waals surface area (Å²) in [6.45, 7) is 0.892. The number of hydrogen-bond donors (Lipinski definition) is 2. The van der Waals surface area contributed by atoms with Gasteiger partial charge in [0.05, 0.1) is 27.9 Å². The largest absolute Gasteiger partial charge is 0.497 e. The number of rotatable bonds is 7. The fraction of sp³-hybridized carbons (Fsp3) is 0.364. The third-order valence-corrected chi connectivity index (χ3v) is 5.11. The van der Waals surface area contributed by atoms with Crippen molar-refractivity contribution in [2.45, 2.75) is 18.9 Å². The lowest BCUT2D eigenvalue weighted by atomic mass is 10.0. The smallest absolute Gasteiger partial charge is 0.325 e. The van der Waals surface area contributed by atoms with Crippen LogP contribution in [-0.2, 0) is 4.79 Å². The van der Waals surface area contributed by atoms with Gasteiger partial charge in [0.1, 0.15) is 17.2 Å². The van der Waals surface area contributed by atoms with Crippen LogP contribution in [0.2, 0.25) is 0 Å². The van der Waals surface area contributed by atoms with Crippen LogP contribution < -0.4 is 24.8 Å². The number of amides is 3. The summed E-state index contributed by atoms with van der Waals surface area (Å²) in [5.41, 5.74) is 1.58. The molecule has 8 heteroatoms. The Labute approximate surface area is 176 Å². The highest BCUT2D eigenvalue weighted by Crippen LogP contribution is 2.38. The van der Waals surface area contributed by atoms with E-state index in [-0.39, 0.29) is 18.5 Å². The summed E-state index contributed by atoms with van der Waals surface area (Å²) in [6, 6.07) is 12.0. The fourth-order valence-electron chi connectivity index (χ4n) is 3.65. The lowest BCUT2D eigenvalue weighted by molar-refractivity contribution is -0.121. The molecular weight excluding hydrogens is 386 g/mol. The average Bonchev–Trinajstić information content (AvgIpc) is 3.21. The van der Waals surface area contributed by atoms with Crippen LogP contribution in [0, 0.1) is 0 Å². The SMILES string of the molecule is COc1ccc(NC(=O)NC(=O)CN2CCCC2c2ccc(OC)cc2OC)cc1. The molecule has 0 bridgehead atoms. The van der Waals surface area contributed by atoms with Crippen LogP contribution in [0.5, 0.6) is 17.2 Å². The molecule has 1 aliphatic rings. The number of imide groups is 1. The van der Waals surface area contributed by atoms with Gasteiger partial charge >= 0.3 is 6.03 Å². The topological polar surface area (TPSA) is 89.1 Å². The fourth-order valence-corrected chi connectivity index (χ4v) is 3.65. The molecule has 0 saturated carbocycles. The lowest BCUT2D eigenvalue weighted by Gasteiger charge is -2.25. The Hall–Kier alpha value is -3.26. The van der Waals surface area contributed by atoms with E-state index in [4.69, 9.17) is 14.2 Å². The predicted molar refractivity (Wildman–Crippen MR) is 113 cm³/mol. The predicted octanol–water partition coefficient (Wildman–Crippen LogP) is 3.20. The second-order valence-electron chi connectivity index (χ2n) is 6.97. The molecule has 3 amide bonds. The molecule has 1 unspecified atom stereocenters. The van der Waals surface area contributed by atoms with Gasteiger partial charge in [0, 0.05) is 23.4 Å². The highest BCUT2D eigenvalue weighted by molar-refractivity contribution is 6.01. The van der Waals surface area contributed by atoms with E-state index < -0.39 is 6.03 Å². The van der Waals surface area contributed by atoms with Gasteiger partial charge in [-0.2, -0.15) is 0 Å². The summed E-state index contributed by atoms with van der Waals surface area (Å²) in [6.07, 6.45) is 1.87. The van der Waals surface area contributed by atoms with E-state index in [0.29, 0.717) is 17.2 Å². The minimum absolute atomic E-state index is 0.0428. The third-order valence-electron chi connectivity index (χ3n) is 5.11. The molecule has 1 aliphatic heterocycles. The van der Waals surface area contributed by atoms with Crippen LogP contribution in [0.4, 0.5) is 10.5 Å². The van der Waals surface area contributed by atoms with Crippen molar-refractivity contribution in [3.63, 3.8) is 0 Å². The molecule has 0 aromatic heterocycles. The number of likely N-dealkylation sites (tertiary alicyclic amines) is 1. The van der Waals surface area contributed by atoms with E-state index in [1.165, 1.54) is 0 Å². The van der Waals surface area contributed by atoms with Crippen LogP contribution in [0.3, 0.4) is 0 Å². The Balaban J connectivity index is 1.59. The molecular formula is C22H27N3O5. The maximum Gasteiger partial charge on any atom is 0.325 e. The van der Waals surface area contributed by atoms with Gasteiger partial charge in [-0.1, -0.05) is 6.07 Å². The second kappa shape index (κ2) is 9.98. The Morgan fingerprint density at radius 3 is 2.37 bits per heavy atom. The van der Waals surface area contributed by atoms with E-state index >= 15 is 0 Å². The van der Waals surface area contributed by atoms with Crippen LogP contribution in [0.25, 0.3) is 0 Å². The van der Waals surface area contributed by atoms with Crippen molar-refractivity contribution in [2.75, 3.05) is 39.7 Å². The van der Waals surface area contributed by atoms with E-state index in [9.17, 15) is 9.59 Å². The highest BCUT2D eigenvalue weighted by atomic mass is 16.5. The van der Waals surface area contributed by atoms with Gasteiger partial charge in [-0.3, -0.25) is 15.0 Å². The van der Waals surface area contributed by atoms with Gasteiger partial charge < -0.3 is 19.5 Å². The van der Waals surface area contributed by atoms with E-state index in [1.54, 1.807) is 45.6 Å². The molecule has 2 aromatic carbocycles. The number of nitrogens with one attached hydrogen (secondary N) is 2. The maximum absolute atomic E-state index is 12.4. The minimum atomic E-state index is -0.567. The third kappa shape index (κ3) is 5.21. The molecule has 1 atom stereocenters. The van der Waals surface area contributed by atoms with E-state index in [1.807, 2.05) is 18.2 Å². The van der Waals surface area contributed by atoms with E-state index in [0.717, 1.165) is 30.7 Å². The molecule has 1 heterocycles. The van der Waals surface area contributed by atoms with Crippen molar-refractivity contribution in [1.82, 2.24) is 10.2 Å². The van der Waals surface area contributed by atoms with Crippen molar-refractivity contribution in [3.8, 4) is 17.2 Å². The van der Waals surface area contributed by atoms with Crippen LogP contribution in [0.1, 0.15) is 24.4 Å². The van der Waals surface area contributed by atoms with Gasteiger partial charge in [0.25, 0.3) is 0 Å². The summed E-state index contributed by atoms with van der Waals surface area (Å²) < 4.78 is 15.9. The zero-order valence-corrected chi connectivity index (χ0v) is 17.4. The molecule has 3 rings (SSSR count). The summed E-state index contributed by atoms with van der Waals surface area (Å²) in [7, 11) is 4.80. The average molecular weight is 413 g/mol. The van der Waals surface area contributed by atoms with Crippen LogP contribution >= 0.6 is 0 Å². The monoisotopic (exact) mass is 413 g/mol. The molecule has 1 fully saturated rings. The number of ether oxygens (including phenoxy) is 3. The first-order valence-electron chi connectivity index (χ1n) is 9.75. The van der Waals surface area contributed by atoms with Gasteiger partial charge in [-0.25, -0.2) is 4.79 Å². The zero-order valence-electron chi connectivity index (χ0n) is 17.4. The quantitative estimate of drug-likeness (QED) is 0.725. The molecule has 0 spiro atoms. The normalized spacial score (nSPS) is 16.0. The molecule has 160 valence electrons. The number of nitrogens with zero attached hydrogens (tertiary/aromatic N) is 1. The summed E-state index contributed by atoms with van der Waals surface area (Å²) in [5, 5.41) is 5.03. The number of benzene rings is 2. The molecule has 0 radical (unpaired) electrons. The minimum Gasteiger partial charge on any atom is -0.497 e. The zero-order chi connectivity index (χ0) is 21.5. The molecule has 30 heavy (non-hydrogen) atoms. The van der Waals surface area contributed by atoms with Gasteiger partial charge in [-0.05, 0) is 49.7 Å². The molecule has 8 nitrogen and oxygen atoms in total. The first kappa shape index (κ1) is 21.4. The summed E-state index contributed by atoms with van der Waals surface area (Å²) in [4.78, 5) is 26.6. The number of carbonyl (C=O) groups excluding carboxylic acids is 2. The lowest BCUT2D eigenvalue weighted by Crippen LogP contribution is -2.41. The van der Waals surface area contributed by atoms with Crippen LogP contribution in [-0.4, -0.2) is 51.3 Å². The summed E-state index contributed by atoms with van der Waals surface area (Å²) >= 11 is 0. The number of carbonyl (C=O) groups is 2. The Kier molecular flexibility index (Phi) is 7.13. The second-order valence-corrected chi connectivity index (χ2v) is 6.97. The maximum atomic E-state index is 12.4. The van der Waals surface area contributed by atoms with Gasteiger partial charge in [0.2, 0.25) is 5.91 Å². The number of hydrogen-bond acceptors (Lipinski definition) is 6. The Morgan fingerprint density at radius 1 is 1.00 bits per heavy atom. The molecule has 0 aliphatic carbocycles. The first-order chi connectivity index (χ1) is 14.5. The van der Waals surface area contributed by atoms with Crippen LogP contribution in [0.15, 0.2) is 42.5 Å². The van der Waals surface area contributed by atoms with Gasteiger partial charge in [-0.15, -0.1) is 0 Å². The first-order valence-corrected chi connectivity index (χ1v) is 9.75. The van der Waals surface area contributed by atoms with Crippen molar-refractivity contribution < 1.29 is 23.8 Å². The van der Waals surface area contributed by atoms with Crippen molar-refractivity contribution in [3.05, 3.63) is 48.0 Å². The van der Waals surface area contributed by atoms with Gasteiger partial charge in [0.15, 0.2) is 0 Å². The van der Waals surface area contributed by atoms with Crippen molar-refractivity contribution in [1.29, 1.82) is 0 Å². The molecule has 2 N–H and O–H groups in total. The molecule has 2 aromatic rings. The Bertz CT molecular complexity index is 885. The standard InChI is InChI=1S/C22H27N3O5/c1-28-16-8-6-15(7-9-16)23-22(27)24-21(26)14-25-12-4-5-19(25)18-11-10-17(29-2)13-20(18)30-3/h6-11,13,19H,4-5,12,14H2,1-3H3,(H2,23,24,26,27).